The van der Waals surface area contributed by atoms with Crippen LogP contribution >= 0.6 is 11.3 Å². The zero-order valence-electron chi connectivity index (χ0n) is 13.3. The number of aromatic nitrogens is 2. The van der Waals surface area contributed by atoms with Crippen LogP contribution in [0, 0.1) is 18.6 Å². The number of fused-ring (bicyclic) bond motifs is 1. The van der Waals surface area contributed by atoms with E-state index in [-0.39, 0.29) is 5.91 Å². The Hall–Kier alpha value is -2.67. The number of carbonyl (C=O) groups is 1. The van der Waals surface area contributed by atoms with Gasteiger partial charge < -0.3 is 4.90 Å². The summed E-state index contributed by atoms with van der Waals surface area (Å²) >= 11 is 1.19. The average molecular weight is 357 g/mol. The molecule has 0 spiro atoms. The van der Waals surface area contributed by atoms with E-state index in [2.05, 4.69) is 9.97 Å². The van der Waals surface area contributed by atoms with Crippen LogP contribution in [0.1, 0.15) is 20.9 Å². The van der Waals surface area contributed by atoms with Crippen LogP contribution in [-0.4, -0.2) is 22.4 Å². The smallest absolute Gasteiger partial charge is 0.270 e. The van der Waals surface area contributed by atoms with E-state index in [0.717, 1.165) is 29.8 Å². The van der Waals surface area contributed by atoms with E-state index < -0.39 is 11.6 Å². The molecule has 4 rings (SSSR count). The third-order valence-corrected chi connectivity index (χ3v) is 5.37. The molecule has 126 valence electrons. The minimum atomic E-state index is -0.931. The van der Waals surface area contributed by atoms with Gasteiger partial charge in [0, 0.05) is 24.5 Å². The summed E-state index contributed by atoms with van der Waals surface area (Å²) in [5, 5.41) is 0.494. The Morgan fingerprint density at radius 3 is 2.88 bits per heavy atom. The van der Waals surface area contributed by atoms with Crippen molar-refractivity contribution in [2.75, 3.05) is 11.4 Å². The number of anilines is 1. The van der Waals surface area contributed by atoms with Gasteiger partial charge in [0.05, 0.1) is 11.4 Å². The molecule has 1 aromatic carbocycles. The third kappa shape index (κ3) is 2.70. The summed E-state index contributed by atoms with van der Waals surface area (Å²) < 4.78 is 26.6. The van der Waals surface area contributed by atoms with E-state index in [9.17, 15) is 13.6 Å². The molecule has 3 aromatic rings. The number of benzene rings is 1. The Bertz CT molecular complexity index is 986. The number of aryl methyl sites for hydroxylation is 1. The van der Waals surface area contributed by atoms with Gasteiger partial charge in [-0.3, -0.25) is 9.78 Å². The Morgan fingerprint density at radius 2 is 2.08 bits per heavy atom. The molecule has 0 atom stereocenters. The van der Waals surface area contributed by atoms with Crippen molar-refractivity contribution in [3.63, 3.8) is 0 Å². The van der Waals surface area contributed by atoms with Crippen LogP contribution in [0.25, 0.3) is 10.6 Å². The molecular weight excluding hydrogens is 344 g/mol. The standard InChI is InChI=1S/C18H13F2N3OS/c1-10-16(18(24)23-7-5-12-9-21-6-4-15(12)23)25-17(22-10)11-2-3-13(19)14(20)8-11/h2-4,6,8-9H,5,7H2,1H3. The second kappa shape index (κ2) is 6.00. The van der Waals surface area contributed by atoms with Gasteiger partial charge in [-0.15, -0.1) is 11.3 Å². The van der Waals surface area contributed by atoms with Crippen molar-refractivity contribution in [3.8, 4) is 10.6 Å². The van der Waals surface area contributed by atoms with Crippen molar-refractivity contribution in [3.05, 3.63) is 64.4 Å². The van der Waals surface area contributed by atoms with Crippen molar-refractivity contribution in [2.24, 2.45) is 0 Å². The minimum absolute atomic E-state index is 0.131. The lowest BCUT2D eigenvalue weighted by Gasteiger charge is -2.16. The topological polar surface area (TPSA) is 46.1 Å². The molecule has 0 unspecified atom stereocenters. The Kier molecular flexibility index (Phi) is 3.80. The molecule has 1 amide bonds. The van der Waals surface area contributed by atoms with E-state index in [0.29, 0.717) is 27.7 Å². The summed E-state index contributed by atoms with van der Waals surface area (Å²) in [6.45, 7) is 2.34. The molecule has 0 saturated carbocycles. The fourth-order valence-corrected chi connectivity index (χ4v) is 3.92. The van der Waals surface area contributed by atoms with Crippen LogP contribution in [0.15, 0.2) is 36.7 Å². The lowest BCUT2D eigenvalue weighted by atomic mass is 10.2. The summed E-state index contributed by atoms with van der Waals surface area (Å²) in [4.78, 5) is 23.6. The number of halogens is 2. The number of carbonyl (C=O) groups excluding carboxylic acids is 1. The van der Waals surface area contributed by atoms with Crippen LogP contribution in [0.4, 0.5) is 14.5 Å². The maximum Gasteiger partial charge on any atom is 0.270 e. The van der Waals surface area contributed by atoms with Crippen LogP contribution in [0.3, 0.4) is 0 Å². The summed E-state index contributed by atoms with van der Waals surface area (Å²) in [5.74, 6) is -1.97. The van der Waals surface area contributed by atoms with Gasteiger partial charge in [0.15, 0.2) is 11.6 Å². The van der Waals surface area contributed by atoms with Crippen molar-refractivity contribution in [1.29, 1.82) is 0 Å². The van der Waals surface area contributed by atoms with Crippen LogP contribution in [-0.2, 0) is 6.42 Å². The van der Waals surface area contributed by atoms with Gasteiger partial charge in [-0.25, -0.2) is 13.8 Å². The second-order valence-electron chi connectivity index (χ2n) is 5.77. The number of nitrogens with zero attached hydrogens (tertiary/aromatic N) is 3. The zero-order valence-corrected chi connectivity index (χ0v) is 14.1. The van der Waals surface area contributed by atoms with Gasteiger partial charge >= 0.3 is 0 Å². The first-order valence-electron chi connectivity index (χ1n) is 7.72. The predicted molar refractivity (Wildman–Crippen MR) is 91.8 cm³/mol. The molecule has 0 N–H and O–H groups in total. The highest BCUT2D eigenvalue weighted by molar-refractivity contribution is 7.17. The average Bonchev–Trinajstić information content (AvgIpc) is 3.20. The van der Waals surface area contributed by atoms with E-state index in [1.54, 1.807) is 24.2 Å². The maximum absolute atomic E-state index is 13.5. The molecule has 1 aliphatic rings. The Balaban J connectivity index is 1.69. The fraction of sp³-hybridized carbons (Fsp3) is 0.167. The summed E-state index contributed by atoms with van der Waals surface area (Å²) in [7, 11) is 0. The van der Waals surface area contributed by atoms with Gasteiger partial charge in [-0.1, -0.05) is 0 Å². The summed E-state index contributed by atoms with van der Waals surface area (Å²) in [5.41, 5.74) is 2.94. The molecule has 4 nitrogen and oxygen atoms in total. The van der Waals surface area contributed by atoms with Crippen molar-refractivity contribution in [2.45, 2.75) is 13.3 Å². The number of hydrogen-bond acceptors (Lipinski definition) is 4. The van der Waals surface area contributed by atoms with E-state index >= 15 is 0 Å². The lowest BCUT2D eigenvalue weighted by molar-refractivity contribution is 0.0992. The lowest BCUT2D eigenvalue weighted by Crippen LogP contribution is -2.28. The van der Waals surface area contributed by atoms with Crippen LogP contribution in [0.2, 0.25) is 0 Å². The number of rotatable bonds is 2. The molecule has 1 aliphatic heterocycles. The molecule has 0 saturated heterocycles. The highest BCUT2D eigenvalue weighted by Crippen LogP contribution is 2.33. The number of hydrogen-bond donors (Lipinski definition) is 0. The molecule has 25 heavy (non-hydrogen) atoms. The molecule has 2 aromatic heterocycles. The molecule has 7 heteroatoms. The predicted octanol–water partition coefficient (Wildman–Crippen LogP) is 3.99. The second-order valence-corrected chi connectivity index (χ2v) is 6.77. The zero-order chi connectivity index (χ0) is 17.6. The van der Waals surface area contributed by atoms with Crippen molar-refractivity contribution < 1.29 is 13.6 Å². The molecule has 0 bridgehead atoms. The molecular formula is C18H13F2N3OS. The monoisotopic (exact) mass is 357 g/mol. The van der Waals surface area contributed by atoms with Crippen molar-refractivity contribution >= 4 is 22.9 Å². The quantitative estimate of drug-likeness (QED) is 0.697. The van der Waals surface area contributed by atoms with E-state index in [4.69, 9.17) is 0 Å². The normalized spacial score (nSPS) is 13.2. The van der Waals surface area contributed by atoms with Crippen LogP contribution < -0.4 is 4.90 Å². The molecule has 0 aliphatic carbocycles. The SMILES string of the molecule is Cc1nc(-c2ccc(F)c(F)c2)sc1C(=O)N1CCc2cnccc21. The van der Waals surface area contributed by atoms with E-state index in [1.165, 1.54) is 17.4 Å². The first-order valence-corrected chi connectivity index (χ1v) is 8.54. The Morgan fingerprint density at radius 1 is 1.24 bits per heavy atom. The first-order chi connectivity index (χ1) is 12.0. The van der Waals surface area contributed by atoms with Gasteiger partial charge in [0.1, 0.15) is 9.88 Å². The number of thiazole rings is 1. The number of amides is 1. The highest BCUT2D eigenvalue weighted by atomic mass is 32.1. The molecule has 3 heterocycles. The highest BCUT2D eigenvalue weighted by Gasteiger charge is 2.28. The van der Waals surface area contributed by atoms with Gasteiger partial charge in [-0.2, -0.15) is 0 Å². The van der Waals surface area contributed by atoms with Gasteiger partial charge in [0.2, 0.25) is 0 Å². The minimum Gasteiger partial charge on any atom is -0.307 e. The summed E-state index contributed by atoms with van der Waals surface area (Å²) in [6, 6.07) is 5.44. The van der Waals surface area contributed by atoms with Crippen molar-refractivity contribution in [1.82, 2.24) is 9.97 Å². The van der Waals surface area contributed by atoms with E-state index in [1.807, 2.05) is 6.07 Å². The summed E-state index contributed by atoms with van der Waals surface area (Å²) in [6.07, 6.45) is 4.20. The molecule has 0 radical (unpaired) electrons. The van der Waals surface area contributed by atoms with Gasteiger partial charge in [0.25, 0.3) is 5.91 Å². The van der Waals surface area contributed by atoms with Crippen LogP contribution in [0.5, 0.6) is 0 Å². The fourth-order valence-electron chi connectivity index (χ4n) is 2.91. The maximum atomic E-state index is 13.5. The largest absolute Gasteiger partial charge is 0.307 e. The number of pyridine rings is 1. The molecule has 0 fully saturated rings. The third-order valence-electron chi connectivity index (χ3n) is 4.18. The first kappa shape index (κ1) is 15.8. The Labute approximate surface area is 146 Å². The van der Waals surface area contributed by atoms with Gasteiger partial charge in [-0.05, 0) is 43.2 Å².